The highest BCUT2D eigenvalue weighted by molar-refractivity contribution is 7.99. The van der Waals surface area contributed by atoms with Crippen molar-refractivity contribution < 1.29 is 9.53 Å². The summed E-state index contributed by atoms with van der Waals surface area (Å²) in [4.78, 5) is 10.8. The van der Waals surface area contributed by atoms with Crippen LogP contribution in [0.1, 0.15) is 19.8 Å². The van der Waals surface area contributed by atoms with Gasteiger partial charge in [0.05, 0.1) is 5.25 Å². The van der Waals surface area contributed by atoms with Crippen LogP contribution in [-0.4, -0.2) is 22.5 Å². The SMILES string of the molecule is CCC(=O)OC1(Cl)CC1SC. The lowest BCUT2D eigenvalue weighted by atomic mass is 10.5. The highest BCUT2D eigenvalue weighted by Crippen LogP contribution is 2.51. The van der Waals surface area contributed by atoms with Gasteiger partial charge >= 0.3 is 5.97 Å². The molecule has 0 aromatic heterocycles. The van der Waals surface area contributed by atoms with Gasteiger partial charge in [-0.05, 0) is 6.26 Å². The van der Waals surface area contributed by atoms with Crippen molar-refractivity contribution in [1.82, 2.24) is 0 Å². The summed E-state index contributed by atoms with van der Waals surface area (Å²) in [7, 11) is 0. The molecule has 1 aliphatic rings. The van der Waals surface area contributed by atoms with Crippen LogP contribution >= 0.6 is 23.4 Å². The molecule has 1 aliphatic carbocycles. The van der Waals surface area contributed by atoms with Crippen LogP contribution in [-0.2, 0) is 9.53 Å². The second-order valence-corrected chi connectivity index (χ2v) is 4.22. The monoisotopic (exact) mass is 194 g/mol. The maximum absolute atomic E-state index is 10.8. The number of alkyl halides is 1. The van der Waals surface area contributed by atoms with Gasteiger partial charge in [-0.1, -0.05) is 18.5 Å². The summed E-state index contributed by atoms with van der Waals surface area (Å²) < 4.78 is 5.01. The van der Waals surface area contributed by atoms with E-state index in [1.807, 2.05) is 6.26 Å². The lowest BCUT2D eigenvalue weighted by Crippen LogP contribution is -2.15. The maximum atomic E-state index is 10.8. The van der Waals surface area contributed by atoms with E-state index in [-0.39, 0.29) is 5.97 Å². The number of hydrogen-bond acceptors (Lipinski definition) is 3. The van der Waals surface area contributed by atoms with Crippen molar-refractivity contribution in [1.29, 1.82) is 0 Å². The molecule has 2 atom stereocenters. The molecule has 0 heterocycles. The Bertz CT molecular complexity index is 174. The smallest absolute Gasteiger partial charge is 0.307 e. The van der Waals surface area contributed by atoms with Crippen LogP contribution in [0.4, 0.5) is 0 Å². The number of thioether (sulfide) groups is 1. The molecule has 64 valence electrons. The molecule has 1 fully saturated rings. The summed E-state index contributed by atoms with van der Waals surface area (Å²) in [5.41, 5.74) is 0. The Morgan fingerprint density at radius 3 is 2.91 bits per heavy atom. The molecule has 0 radical (unpaired) electrons. The topological polar surface area (TPSA) is 26.3 Å². The lowest BCUT2D eigenvalue weighted by molar-refractivity contribution is -0.146. The van der Waals surface area contributed by atoms with Crippen molar-refractivity contribution in [2.24, 2.45) is 0 Å². The number of carbonyl (C=O) groups is 1. The van der Waals surface area contributed by atoms with Gasteiger partial charge in [0.25, 0.3) is 0 Å². The van der Waals surface area contributed by atoms with Gasteiger partial charge in [-0.15, -0.1) is 0 Å². The third-order valence-corrected chi connectivity index (χ3v) is 3.38. The third kappa shape index (κ3) is 2.03. The normalized spacial score (nSPS) is 35.0. The fourth-order valence-corrected chi connectivity index (χ4v) is 2.24. The van der Waals surface area contributed by atoms with E-state index in [2.05, 4.69) is 0 Å². The molecule has 0 aromatic rings. The van der Waals surface area contributed by atoms with Gasteiger partial charge in [0, 0.05) is 12.8 Å². The first-order valence-corrected chi connectivity index (χ1v) is 5.22. The van der Waals surface area contributed by atoms with Crippen LogP contribution in [0.5, 0.6) is 0 Å². The quantitative estimate of drug-likeness (QED) is 0.508. The summed E-state index contributed by atoms with van der Waals surface area (Å²) >= 11 is 7.56. The minimum atomic E-state index is -0.674. The van der Waals surface area contributed by atoms with Crippen molar-refractivity contribution in [3.05, 3.63) is 0 Å². The second-order valence-electron chi connectivity index (χ2n) is 2.54. The molecule has 1 saturated carbocycles. The molecular formula is C7H11ClO2S. The Labute approximate surface area is 75.6 Å². The highest BCUT2D eigenvalue weighted by Gasteiger charge is 2.56. The highest BCUT2D eigenvalue weighted by atomic mass is 35.5. The van der Waals surface area contributed by atoms with Crippen LogP contribution in [0.3, 0.4) is 0 Å². The van der Waals surface area contributed by atoms with Crippen LogP contribution in [0, 0.1) is 0 Å². The number of rotatable bonds is 3. The van der Waals surface area contributed by atoms with Crippen LogP contribution in [0.15, 0.2) is 0 Å². The van der Waals surface area contributed by atoms with E-state index < -0.39 is 5.06 Å². The summed E-state index contributed by atoms with van der Waals surface area (Å²) in [5.74, 6) is -0.212. The molecule has 0 spiro atoms. The zero-order chi connectivity index (χ0) is 8.48. The molecule has 0 aromatic carbocycles. The Morgan fingerprint density at radius 1 is 1.91 bits per heavy atom. The van der Waals surface area contributed by atoms with E-state index in [0.717, 1.165) is 6.42 Å². The number of carbonyl (C=O) groups excluding carboxylic acids is 1. The Kier molecular flexibility index (Phi) is 2.70. The van der Waals surface area contributed by atoms with Crippen LogP contribution < -0.4 is 0 Å². The van der Waals surface area contributed by atoms with Crippen LogP contribution in [0.25, 0.3) is 0 Å². The minimum Gasteiger partial charge on any atom is -0.442 e. The van der Waals surface area contributed by atoms with E-state index in [9.17, 15) is 4.79 Å². The van der Waals surface area contributed by atoms with Crippen molar-refractivity contribution in [3.8, 4) is 0 Å². The molecule has 2 unspecified atom stereocenters. The number of esters is 1. The van der Waals surface area contributed by atoms with Gasteiger partial charge in [0.2, 0.25) is 0 Å². The second kappa shape index (κ2) is 3.23. The molecule has 2 nitrogen and oxygen atoms in total. The zero-order valence-corrected chi connectivity index (χ0v) is 8.17. The number of ether oxygens (including phenoxy) is 1. The van der Waals surface area contributed by atoms with Crippen molar-refractivity contribution in [3.63, 3.8) is 0 Å². The average Bonchev–Trinajstić information content (AvgIpc) is 2.61. The van der Waals surface area contributed by atoms with Gasteiger partial charge in [0.1, 0.15) is 0 Å². The first kappa shape index (κ1) is 9.20. The van der Waals surface area contributed by atoms with Crippen molar-refractivity contribution >= 4 is 29.3 Å². The van der Waals surface area contributed by atoms with E-state index in [1.54, 1.807) is 18.7 Å². The molecule has 4 heteroatoms. The van der Waals surface area contributed by atoms with Gasteiger partial charge in [-0.3, -0.25) is 4.79 Å². The molecule has 11 heavy (non-hydrogen) atoms. The summed E-state index contributed by atoms with van der Waals surface area (Å²) in [6.07, 6.45) is 3.14. The van der Waals surface area contributed by atoms with Crippen LogP contribution in [0.2, 0.25) is 0 Å². The first-order valence-electron chi connectivity index (χ1n) is 3.56. The van der Waals surface area contributed by atoms with Gasteiger partial charge in [-0.2, -0.15) is 11.8 Å². The summed E-state index contributed by atoms with van der Waals surface area (Å²) in [6.45, 7) is 1.76. The molecule has 1 rings (SSSR count). The fourth-order valence-electron chi connectivity index (χ4n) is 0.822. The van der Waals surface area contributed by atoms with Gasteiger partial charge in [-0.25, -0.2) is 0 Å². The Morgan fingerprint density at radius 2 is 2.55 bits per heavy atom. The van der Waals surface area contributed by atoms with E-state index >= 15 is 0 Å². The zero-order valence-electron chi connectivity index (χ0n) is 6.59. The van der Waals surface area contributed by atoms with Gasteiger partial charge in [0.15, 0.2) is 5.06 Å². The molecule has 0 amide bonds. The summed E-state index contributed by atoms with van der Waals surface area (Å²) in [5, 5.41) is -0.383. The molecule has 0 bridgehead atoms. The first-order chi connectivity index (χ1) is 5.12. The number of hydrogen-bond donors (Lipinski definition) is 0. The third-order valence-electron chi connectivity index (χ3n) is 1.64. The Hall–Kier alpha value is 0.110. The maximum Gasteiger partial charge on any atom is 0.307 e. The number of halogens is 1. The molecule has 0 aliphatic heterocycles. The molecule has 0 saturated heterocycles. The standard InChI is InChI=1S/C7H11ClO2S/c1-3-6(9)10-7(8)4-5(7)11-2/h5H,3-4H2,1-2H3. The van der Waals surface area contributed by atoms with E-state index in [1.165, 1.54) is 0 Å². The summed E-state index contributed by atoms with van der Waals surface area (Å²) in [6, 6.07) is 0. The average molecular weight is 195 g/mol. The van der Waals surface area contributed by atoms with E-state index in [4.69, 9.17) is 16.3 Å². The van der Waals surface area contributed by atoms with Crippen molar-refractivity contribution in [2.45, 2.75) is 30.1 Å². The van der Waals surface area contributed by atoms with E-state index in [0.29, 0.717) is 11.7 Å². The predicted molar refractivity (Wildman–Crippen MR) is 46.9 cm³/mol. The van der Waals surface area contributed by atoms with Gasteiger partial charge < -0.3 is 4.74 Å². The minimum absolute atomic E-state index is 0.212. The molecule has 0 N–H and O–H groups in total. The van der Waals surface area contributed by atoms with Crippen molar-refractivity contribution in [2.75, 3.05) is 6.26 Å². The molecular weight excluding hydrogens is 184 g/mol. The Balaban J connectivity index is 2.33. The fraction of sp³-hybridized carbons (Fsp3) is 0.857. The lowest BCUT2D eigenvalue weighted by Gasteiger charge is -2.08. The largest absolute Gasteiger partial charge is 0.442 e. The predicted octanol–water partition coefficient (Wildman–Crippen LogP) is 2.01.